The molecule has 4 aromatic heterocycles. The van der Waals surface area contributed by atoms with Crippen LogP contribution in [-0.4, -0.2) is 35.1 Å². The first-order valence-electron chi connectivity index (χ1n) is 14.7. The van der Waals surface area contributed by atoms with E-state index < -0.39 is 0 Å². The SMILES string of the molecule is CC(C)(C)C.CC(C)(C)C.CC(C)(C)C.CC(C)C.c1ccncc1.c1ccnnc1.c1cnccn1.c1cncnc1. The maximum atomic E-state index is 3.78. The summed E-state index contributed by atoms with van der Waals surface area (Å²) in [4.78, 5) is 18.6. The summed E-state index contributed by atoms with van der Waals surface area (Å²) >= 11 is 0. The quantitative estimate of drug-likeness (QED) is 0.200. The van der Waals surface area contributed by atoms with Crippen LogP contribution >= 0.6 is 0 Å². The number of pyridine rings is 1. The van der Waals surface area contributed by atoms with Gasteiger partial charge in [0, 0.05) is 62.0 Å². The lowest BCUT2D eigenvalue weighted by Gasteiger charge is -2.05. The number of aromatic nitrogens is 7. The monoisotopic (exact) mass is 594 g/mol. The lowest BCUT2D eigenvalue weighted by atomic mass is 10.0. The van der Waals surface area contributed by atoms with Gasteiger partial charge in [0.2, 0.25) is 0 Å². The van der Waals surface area contributed by atoms with Gasteiger partial charge in [-0.2, -0.15) is 10.2 Å². The summed E-state index contributed by atoms with van der Waals surface area (Å²) in [6, 6.07) is 11.1. The second-order valence-electron chi connectivity index (χ2n) is 14.5. The van der Waals surface area contributed by atoms with Crippen molar-refractivity contribution in [1.82, 2.24) is 35.1 Å². The fourth-order valence-corrected chi connectivity index (χ4v) is 1.07. The van der Waals surface area contributed by atoms with Gasteiger partial charge in [-0.3, -0.25) is 15.0 Å². The summed E-state index contributed by atoms with van der Waals surface area (Å²) < 4.78 is 0. The molecular formula is C36H63N7. The third-order valence-corrected chi connectivity index (χ3v) is 2.00. The summed E-state index contributed by atoms with van der Waals surface area (Å²) in [6.07, 6.45) is 18.2. The van der Waals surface area contributed by atoms with Crippen LogP contribution < -0.4 is 0 Å². The van der Waals surface area contributed by atoms with Crippen LogP contribution in [0, 0.1) is 22.2 Å². The van der Waals surface area contributed by atoms with E-state index in [1.165, 1.54) is 6.33 Å². The van der Waals surface area contributed by atoms with Gasteiger partial charge in [0.15, 0.2) is 0 Å². The fraction of sp³-hybridized carbons (Fsp3) is 0.528. The molecule has 0 amide bonds. The lowest BCUT2D eigenvalue weighted by molar-refractivity contribution is 0.469. The summed E-state index contributed by atoms with van der Waals surface area (Å²) in [5.74, 6) is 0.833. The molecule has 0 aliphatic carbocycles. The van der Waals surface area contributed by atoms with Crippen molar-refractivity contribution in [2.75, 3.05) is 0 Å². The highest BCUT2D eigenvalue weighted by molar-refractivity contribution is 4.88. The van der Waals surface area contributed by atoms with E-state index in [-0.39, 0.29) is 0 Å². The van der Waals surface area contributed by atoms with E-state index in [2.05, 4.69) is 139 Å². The molecule has 242 valence electrons. The zero-order chi connectivity index (χ0) is 34.0. The molecule has 0 aliphatic heterocycles. The third kappa shape index (κ3) is 122. The highest BCUT2D eigenvalue weighted by Crippen LogP contribution is 2.09. The van der Waals surface area contributed by atoms with Crippen molar-refractivity contribution in [3.05, 3.63) is 105 Å². The summed E-state index contributed by atoms with van der Waals surface area (Å²) in [5.41, 5.74) is 1.50. The van der Waals surface area contributed by atoms with Crippen LogP contribution in [0.1, 0.15) is 104 Å². The van der Waals surface area contributed by atoms with Crippen molar-refractivity contribution in [2.24, 2.45) is 22.2 Å². The van der Waals surface area contributed by atoms with E-state index in [0.717, 1.165) is 5.92 Å². The van der Waals surface area contributed by atoms with Gasteiger partial charge < -0.3 is 0 Å². The predicted molar refractivity (Wildman–Crippen MR) is 186 cm³/mol. The minimum absolute atomic E-state index is 0.500. The zero-order valence-corrected chi connectivity index (χ0v) is 30.0. The Morgan fingerprint density at radius 3 is 0.651 bits per heavy atom. The maximum absolute atomic E-state index is 3.78. The van der Waals surface area contributed by atoms with E-state index in [9.17, 15) is 0 Å². The first kappa shape index (κ1) is 46.4. The average molecular weight is 594 g/mol. The summed E-state index contributed by atoms with van der Waals surface area (Å²) in [6.45, 7) is 32.8. The molecule has 7 nitrogen and oxygen atoms in total. The van der Waals surface area contributed by atoms with Gasteiger partial charge in [0.05, 0.1) is 0 Å². The Morgan fingerprint density at radius 2 is 0.558 bits per heavy atom. The molecule has 4 heterocycles. The first-order chi connectivity index (χ1) is 19.7. The van der Waals surface area contributed by atoms with Gasteiger partial charge in [-0.15, -0.1) is 0 Å². The standard InChI is InChI=1S/C5H5N.3C5H12.3C4H4N2.C4H10/c1-2-4-6-5-3-1;3*1-5(2,3)4;1-2-6-4-3-5-1;1-2-5-4-6-3-1;1-2-4-6-5-3-1;1-4(2)3/h1-5H;3*1-4H3;3*1-4H;4H,1-3H3. The minimum atomic E-state index is 0.500. The van der Waals surface area contributed by atoms with Gasteiger partial charge in [-0.1, -0.05) is 110 Å². The number of hydrogen-bond donors (Lipinski definition) is 0. The Bertz CT molecular complexity index is 682. The molecule has 4 aromatic rings. The molecule has 0 saturated carbocycles. The van der Waals surface area contributed by atoms with Gasteiger partial charge in [-0.05, 0) is 52.5 Å². The Hall–Kier alpha value is -3.61. The lowest BCUT2D eigenvalue weighted by Crippen LogP contribution is -1.93. The van der Waals surface area contributed by atoms with Crippen molar-refractivity contribution in [3.63, 3.8) is 0 Å². The van der Waals surface area contributed by atoms with E-state index in [1.54, 1.807) is 68.0 Å². The second kappa shape index (κ2) is 31.3. The smallest absolute Gasteiger partial charge is 0.115 e. The van der Waals surface area contributed by atoms with Crippen LogP contribution in [0.5, 0.6) is 0 Å². The molecule has 0 atom stereocenters. The Kier molecular flexibility index (Phi) is 33.8. The Labute approximate surface area is 265 Å². The van der Waals surface area contributed by atoms with Crippen molar-refractivity contribution in [3.8, 4) is 0 Å². The average Bonchev–Trinajstić information content (AvgIpc) is 2.91. The normalized spacial score (nSPS) is 9.49. The predicted octanol–water partition coefficient (Wildman–Crippen LogP) is 10.3. The van der Waals surface area contributed by atoms with Crippen LogP contribution in [0.4, 0.5) is 0 Å². The molecule has 0 aliphatic rings. The van der Waals surface area contributed by atoms with Crippen LogP contribution in [0.25, 0.3) is 0 Å². The van der Waals surface area contributed by atoms with Crippen molar-refractivity contribution in [1.29, 1.82) is 0 Å². The molecular weight excluding hydrogens is 530 g/mol. The van der Waals surface area contributed by atoms with Crippen LogP contribution in [0.2, 0.25) is 0 Å². The molecule has 0 unspecified atom stereocenters. The number of nitrogens with zero attached hydrogens (tertiary/aromatic N) is 7. The van der Waals surface area contributed by atoms with Gasteiger partial charge in [0.1, 0.15) is 6.33 Å². The van der Waals surface area contributed by atoms with Crippen molar-refractivity contribution < 1.29 is 0 Å². The fourth-order valence-electron chi connectivity index (χ4n) is 1.07. The third-order valence-electron chi connectivity index (χ3n) is 2.00. The van der Waals surface area contributed by atoms with Crippen molar-refractivity contribution >= 4 is 0 Å². The largest absolute Gasteiger partial charge is 0.265 e. The molecule has 0 radical (unpaired) electrons. The molecule has 43 heavy (non-hydrogen) atoms. The topological polar surface area (TPSA) is 90.2 Å². The van der Waals surface area contributed by atoms with Crippen LogP contribution in [0.3, 0.4) is 0 Å². The molecule has 0 N–H and O–H groups in total. The molecule has 0 saturated heterocycles. The molecule has 0 bridgehead atoms. The summed E-state index contributed by atoms with van der Waals surface area (Å²) in [5, 5.41) is 7.07. The Morgan fingerprint density at radius 1 is 0.326 bits per heavy atom. The molecule has 0 fully saturated rings. The highest BCUT2D eigenvalue weighted by Gasteiger charge is 1.96. The van der Waals surface area contributed by atoms with E-state index in [1.807, 2.05) is 30.3 Å². The highest BCUT2D eigenvalue weighted by atomic mass is 15.1. The van der Waals surface area contributed by atoms with Gasteiger partial charge in [0.25, 0.3) is 0 Å². The van der Waals surface area contributed by atoms with Gasteiger partial charge >= 0.3 is 0 Å². The van der Waals surface area contributed by atoms with E-state index >= 15 is 0 Å². The second-order valence-corrected chi connectivity index (χ2v) is 14.5. The van der Waals surface area contributed by atoms with Crippen molar-refractivity contribution in [2.45, 2.75) is 104 Å². The summed E-state index contributed by atoms with van der Waals surface area (Å²) in [7, 11) is 0. The van der Waals surface area contributed by atoms with E-state index in [0.29, 0.717) is 16.2 Å². The zero-order valence-electron chi connectivity index (χ0n) is 30.0. The van der Waals surface area contributed by atoms with E-state index in [4.69, 9.17) is 0 Å². The number of rotatable bonds is 0. The molecule has 0 aromatic carbocycles. The first-order valence-corrected chi connectivity index (χ1v) is 14.7. The van der Waals surface area contributed by atoms with Crippen LogP contribution in [0.15, 0.2) is 105 Å². The van der Waals surface area contributed by atoms with Crippen LogP contribution in [-0.2, 0) is 0 Å². The molecule has 4 rings (SSSR count). The minimum Gasteiger partial charge on any atom is -0.265 e. The maximum Gasteiger partial charge on any atom is 0.115 e. The molecule has 0 spiro atoms. The number of hydrogen-bond acceptors (Lipinski definition) is 7. The van der Waals surface area contributed by atoms with Gasteiger partial charge in [-0.25, -0.2) is 9.97 Å². The Balaban J connectivity index is -0.000000203. The molecule has 7 heteroatoms.